The van der Waals surface area contributed by atoms with Crippen LogP contribution in [-0.2, 0) is 6.42 Å². The lowest BCUT2D eigenvalue weighted by atomic mass is 10.1. The van der Waals surface area contributed by atoms with Gasteiger partial charge >= 0.3 is 0 Å². The molecule has 2 heterocycles. The van der Waals surface area contributed by atoms with Crippen LogP contribution in [0.4, 0.5) is 0 Å². The molecule has 0 spiro atoms. The Bertz CT molecular complexity index is 798. The number of nitrogens with zero attached hydrogens (tertiary/aromatic N) is 1. The Morgan fingerprint density at radius 3 is 2.86 bits per heavy atom. The van der Waals surface area contributed by atoms with Crippen molar-refractivity contribution in [1.29, 1.82) is 0 Å². The van der Waals surface area contributed by atoms with Crippen LogP contribution in [0.15, 0.2) is 40.6 Å². The first-order chi connectivity index (χ1) is 10.2. The van der Waals surface area contributed by atoms with Gasteiger partial charge in [0.1, 0.15) is 0 Å². The van der Waals surface area contributed by atoms with E-state index in [1.54, 1.807) is 18.5 Å². The Hall–Kier alpha value is -2.14. The molecule has 0 amide bonds. The fraction of sp³-hybridized carbons (Fsp3) is 0.125. The van der Waals surface area contributed by atoms with Crippen LogP contribution >= 0.6 is 15.9 Å². The van der Waals surface area contributed by atoms with E-state index < -0.39 is 0 Å². The number of halogens is 1. The molecule has 104 valence electrons. The van der Waals surface area contributed by atoms with E-state index in [2.05, 4.69) is 20.9 Å². The van der Waals surface area contributed by atoms with Crippen molar-refractivity contribution in [3.63, 3.8) is 0 Å². The summed E-state index contributed by atoms with van der Waals surface area (Å²) in [6.07, 6.45) is 5.94. The first-order valence-corrected chi connectivity index (χ1v) is 7.29. The number of rotatable bonds is 1. The molecule has 5 heteroatoms. The number of benzene rings is 1. The van der Waals surface area contributed by atoms with Crippen LogP contribution in [0.25, 0.3) is 6.08 Å². The molecule has 4 nitrogen and oxygen atoms in total. The van der Waals surface area contributed by atoms with Crippen molar-refractivity contribution in [2.45, 2.75) is 6.42 Å². The minimum absolute atomic E-state index is 0.0482. The quantitative estimate of drug-likeness (QED) is 0.744. The highest BCUT2D eigenvalue weighted by Crippen LogP contribution is 2.39. The number of hydrogen-bond acceptors (Lipinski definition) is 4. The second-order valence-electron chi connectivity index (χ2n) is 4.94. The highest BCUT2D eigenvalue weighted by molar-refractivity contribution is 9.10. The molecule has 2 aromatic rings. The standard InChI is InChI=1S/C16H10BrNO3/c17-13-7-18-2-1-9(13)3-11-4-10-5-14-15(21-8-20-14)6-12(10)16(11)19/h1-3,5-7H,4,8H2. The number of carbonyl (C=O) groups excluding carboxylic acids is 1. The molecule has 0 unspecified atom stereocenters. The van der Waals surface area contributed by atoms with Crippen molar-refractivity contribution in [2.75, 3.05) is 6.79 Å². The minimum atomic E-state index is 0.0482. The van der Waals surface area contributed by atoms with E-state index in [0.717, 1.165) is 21.2 Å². The number of ether oxygens (including phenoxy) is 2. The summed E-state index contributed by atoms with van der Waals surface area (Å²) in [5, 5.41) is 0. The van der Waals surface area contributed by atoms with E-state index in [1.165, 1.54) is 0 Å². The number of fused-ring (bicyclic) bond motifs is 2. The van der Waals surface area contributed by atoms with Crippen LogP contribution in [-0.4, -0.2) is 17.6 Å². The monoisotopic (exact) mass is 343 g/mol. The maximum absolute atomic E-state index is 12.5. The average molecular weight is 344 g/mol. The Kier molecular flexibility index (Phi) is 2.82. The van der Waals surface area contributed by atoms with Crippen LogP contribution in [0.5, 0.6) is 11.5 Å². The summed E-state index contributed by atoms with van der Waals surface area (Å²) in [6, 6.07) is 5.56. The number of allylic oxidation sites excluding steroid dienone is 1. The number of aromatic nitrogens is 1. The van der Waals surface area contributed by atoms with Crippen LogP contribution in [0.2, 0.25) is 0 Å². The van der Waals surface area contributed by atoms with Gasteiger partial charge in [-0.3, -0.25) is 9.78 Å². The van der Waals surface area contributed by atoms with Crippen molar-refractivity contribution < 1.29 is 14.3 Å². The molecule has 0 fully saturated rings. The summed E-state index contributed by atoms with van der Waals surface area (Å²) in [4.78, 5) is 16.5. The van der Waals surface area contributed by atoms with Gasteiger partial charge in [-0.1, -0.05) is 0 Å². The summed E-state index contributed by atoms with van der Waals surface area (Å²) >= 11 is 3.44. The van der Waals surface area contributed by atoms with Crippen molar-refractivity contribution in [2.24, 2.45) is 0 Å². The zero-order valence-electron chi connectivity index (χ0n) is 10.9. The van der Waals surface area contributed by atoms with Crippen molar-refractivity contribution >= 4 is 27.8 Å². The maximum atomic E-state index is 12.5. The molecule has 1 aromatic heterocycles. The van der Waals surface area contributed by atoms with Gasteiger partial charge in [0, 0.05) is 34.4 Å². The fourth-order valence-electron chi connectivity index (χ4n) is 2.61. The number of hydrogen-bond donors (Lipinski definition) is 0. The number of ketones is 1. The van der Waals surface area contributed by atoms with Gasteiger partial charge in [-0.05, 0) is 51.3 Å². The smallest absolute Gasteiger partial charge is 0.231 e. The zero-order valence-corrected chi connectivity index (χ0v) is 12.5. The first-order valence-electron chi connectivity index (χ1n) is 6.49. The lowest BCUT2D eigenvalue weighted by Gasteiger charge is -1.99. The van der Waals surface area contributed by atoms with E-state index in [1.807, 2.05) is 18.2 Å². The molecular weight excluding hydrogens is 334 g/mol. The zero-order chi connectivity index (χ0) is 14.4. The summed E-state index contributed by atoms with van der Waals surface area (Å²) in [7, 11) is 0. The van der Waals surface area contributed by atoms with Crippen LogP contribution < -0.4 is 9.47 Å². The highest BCUT2D eigenvalue weighted by Gasteiger charge is 2.28. The molecule has 0 N–H and O–H groups in total. The molecule has 0 saturated heterocycles. The molecular formula is C16H10BrNO3. The van der Waals surface area contributed by atoms with Crippen molar-refractivity contribution in [3.8, 4) is 11.5 Å². The largest absolute Gasteiger partial charge is 0.454 e. The average Bonchev–Trinajstić information content (AvgIpc) is 3.05. The maximum Gasteiger partial charge on any atom is 0.231 e. The predicted molar refractivity (Wildman–Crippen MR) is 80.5 cm³/mol. The second-order valence-corrected chi connectivity index (χ2v) is 5.79. The third-order valence-corrected chi connectivity index (χ3v) is 4.31. The normalized spacial score (nSPS) is 17.4. The van der Waals surface area contributed by atoms with Crippen LogP contribution in [0, 0.1) is 0 Å². The molecule has 1 aromatic carbocycles. The van der Waals surface area contributed by atoms with Gasteiger partial charge in [-0.25, -0.2) is 0 Å². The molecule has 0 bridgehead atoms. The Balaban J connectivity index is 1.75. The summed E-state index contributed by atoms with van der Waals surface area (Å²) < 4.78 is 11.6. The molecule has 1 aliphatic heterocycles. The summed E-state index contributed by atoms with van der Waals surface area (Å²) in [6.45, 7) is 0.221. The van der Waals surface area contributed by atoms with E-state index in [9.17, 15) is 4.79 Å². The third-order valence-electron chi connectivity index (χ3n) is 3.65. The first kappa shape index (κ1) is 12.6. The van der Waals surface area contributed by atoms with Crippen LogP contribution in [0.3, 0.4) is 0 Å². The summed E-state index contributed by atoms with van der Waals surface area (Å²) in [5.41, 5.74) is 3.40. The van der Waals surface area contributed by atoms with Gasteiger partial charge in [0.15, 0.2) is 17.3 Å². The molecule has 2 aliphatic rings. The van der Waals surface area contributed by atoms with Gasteiger partial charge in [-0.2, -0.15) is 0 Å². The van der Waals surface area contributed by atoms with E-state index in [-0.39, 0.29) is 12.6 Å². The predicted octanol–water partition coefficient (Wildman–Crippen LogP) is 3.40. The van der Waals surface area contributed by atoms with Crippen molar-refractivity contribution in [1.82, 2.24) is 4.98 Å². The van der Waals surface area contributed by atoms with Gasteiger partial charge in [0.2, 0.25) is 6.79 Å². The van der Waals surface area contributed by atoms with Crippen molar-refractivity contribution in [3.05, 3.63) is 57.3 Å². The lowest BCUT2D eigenvalue weighted by molar-refractivity contribution is 0.104. The highest BCUT2D eigenvalue weighted by atomic mass is 79.9. The van der Waals surface area contributed by atoms with Crippen LogP contribution in [0.1, 0.15) is 21.5 Å². The molecule has 4 rings (SSSR count). The number of pyridine rings is 1. The van der Waals surface area contributed by atoms with Gasteiger partial charge in [-0.15, -0.1) is 0 Å². The Labute approximate surface area is 129 Å². The van der Waals surface area contributed by atoms with Gasteiger partial charge in [0.25, 0.3) is 0 Å². The Morgan fingerprint density at radius 2 is 2.05 bits per heavy atom. The number of Topliss-reactive ketones (excluding diaryl/α,β-unsaturated/α-hetero) is 1. The summed E-state index contributed by atoms with van der Waals surface area (Å²) in [5.74, 6) is 1.41. The molecule has 21 heavy (non-hydrogen) atoms. The molecule has 0 atom stereocenters. The number of carbonyl (C=O) groups is 1. The molecule has 1 aliphatic carbocycles. The third kappa shape index (κ3) is 2.05. The SMILES string of the molecule is O=C1C(=Cc2ccncc2Br)Cc2cc3c(cc21)OCO3. The van der Waals surface area contributed by atoms with Gasteiger partial charge < -0.3 is 9.47 Å². The van der Waals surface area contributed by atoms with E-state index >= 15 is 0 Å². The fourth-order valence-corrected chi connectivity index (χ4v) is 2.97. The second kappa shape index (κ2) is 4.70. The molecule has 0 saturated carbocycles. The topological polar surface area (TPSA) is 48.4 Å². The van der Waals surface area contributed by atoms with Gasteiger partial charge in [0.05, 0.1) is 0 Å². The van der Waals surface area contributed by atoms with E-state index in [0.29, 0.717) is 23.5 Å². The molecule has 0 radical (unpaired) electrons. The van der Waals surface area contributed by atoms with E-state index in [4.69, 9.17) is 9.47 Å². The minimum Gasteiger partial charge on any atom is -0.454 e. The lowest BCUT2D eigenvalue weighted by Crippen LogP contribution is -1.96. The Morgan fingerprint density at radius 1 is 1.24 bits per heavy atom.